The van der Waals surface area contributed by atoms with Crippen LogP contribution in [0.2, 0.25) is 0 Å². The SMILES string of the molecule is CCS(=O)(=O)NCC1OCCc2cn(CC3CCOCC3)nc21. The fraction of sp³-hybridized carbons (Fsp3) is 0.800. The number of nitrogens with one attached hydrogen (secondary N) is 1. The third-order valence-corrected chi connectivity index (χ3v) is 5.89. The van der Waals surface area contributed by atoms with Gasteiger partial charge in [-0.3, -0.25) is 4.68 Å². The maximum atomic E-state index is 11.6. The topological polar surface area (TPSA) is 82.5 Å². The predicted octanol–water partition coefficient (Wildman–Crippen LogP) is 0.863. The first kappa shape index (κ1) is 16.9. The Kier molecular flexibility index (Phi) is 5.35. The minimum atomic E-state index is -3.22. The smallest absolute Gasteiger partial charge is 0.211 e. The molecule has 0 amide bonds. The lowest BCUT2D eigenvalue weighted by atomic mass is 10.0. The maximum absolute atomic E-state index is 11.6. The summed E-state index contributed by atoms with van der Waals surface area (Å²) in [6, 6.07) is 0. The molecule has 1 fully saturated rings. The molecule has 0 radical (unpaired) electrons. The third kappa shape index (κ3) is 4.32. The third-order valence-electron chi connectivity index (χ3n) is 4.52. The van der Waals surface area contributed by atoms with Crippen molar-refractivity contribution >= 4 is 10.0 Å². The molecule has 1 aromatic heterocycles. The normalized spacial score (nSPS) is 22.9. The van der Waals surface area contributed by atoms with E-state index in [2.05, 4.69) is 16.0 Å². The van der Waals surface area contributed by atoms with Crippen molar-refractivity contribution in [3.63, 3.8) is 0 Å². The average Bonchev–Trinajstić information content (AvgIpc) is 2.97. The Labute approximate surface area is 137 Å². The van der Waals surface area contributed by atoms with Crippen molar-refractivity contribution in [2.24, 2.45) is 5.92 Å². The van der Waals surface area contributed by atoms with E-state index in [-0.39, 0.29) is 18.4 Å². The average molecular weight is 343 g/mol. The van der Waals surface area contributed by atoms with Gasteiger partial charge in [0.2, 0.25) is 10.0 Å². The van der Waals surface area contributed by atoms with Gasteiger partial charge in [0.25, 0.3) is 0 Å². The van der Waals surface area contributed by atoms with Crippen molar-refractivity contribution in [3.05, 3.63) is 17.5 Å². The van der Waals surface area contributed by atoms with Crippen LogP contribution in [0.3, 0.4) is 0 Å². The molecule has 0 aromatic carbocycles. The summed E-state index contributed by atoms with van der Waals surface area (Å²) in [5.74, 6) is 0.674. The highest BCUT2D eigenvalue weighted by molar-refractivity contribution is 7.89. The van der Waals surface area contributed by atoms with Crippen LogP contribution in [-0.2, 0) is 32.5 Å². The molecule has 0 spiro atoms. The Morgan fingerprint density at radius 2 is 2.13 bits per heavy atom. The van der Waals surface area contributed by atoms with Crippen molar-refractivity contribution in [2.45, 2.75) is 38.8 Å². The van der Waals surface area contributed by atoms with Crippen molar-refractivity contribution in [2.75, 3.05) is 32.1 Å². The van der Waals surface area contributed by atoms with Gasteiger partial charge in [0.15, 0.2) is 0 Å². The zero-order valence-corrected chi connectivity index (χ0v) is 14.3. The van der Waals surface area contributed by atoms with Crippen LogP contribution in [0.25, 0.3) is 0 Å². The van der Waals surface area contributed by atoms with Crippen molar-refractivity contribution < 1.29 is 17.9 Å². The lowest BCUT2D eigenvalue weighted by molar-refractivity contribution is 0.0424. The number of sulfonamides is 1. The second-order valence-corrected chi connectivity index (χ2v) is 8.27. The highest BCUT2D eigenvalue weighted by Crippen LogP contribution is 2.26. The molecule has 3 heterocycles. The van der Waals surface area contributed by atoms with E-state index in [0.29, 0.717) is 12.5 Å². The van der Waals surface area contributed by atoms with Gasteiger partial charge >= 0.3 is 0 Å². The van der Waals surface area contributed by atoms with E-state index in [9.17, 15) is 8.42 Å². The molecule has 1 atom stereocenters. The van der Waals surface area contributed by atoms with Gasteiger partial charge in [-0.2, -0.15) is 5.10 Å². The molecule has 2 aliphatic heterocycles. The lowest BCUT2D eigenvalue weighted by Crippen LogP contribution is -2.32. The molecule has 1 unspecified atom stereocenters. The highest BCUT2D eigenvalue weighted by atomic mass is 32.2. The number of rotatable bonds is 6. The van der Waals surface area contributed by atoms with Gasteiger partial charge in [-0.15, -0.1) is 0 Å². The highest BCUT2D eigenvalue weighted by Gasteiger charge is 2.26. The molecule has 0 bridgehead atoms. The second-order valence-electron chi connectivity index (χ2n) is 6.18. The molecule has 8 heteroatoms. The van der Waals surface area contributed by atoms with Gasteiger partial charge in [-0.25, -0.2) is 13.1 Å². The van der Waals surface area contributed by atoms with Crippen molar-refractivity contribution in [3.8, 4) is 0 Å². The van der Waals surface area contributed by atoms with Gasteiger partial charge in [-0.05, 0) is 37.7 Å². The zero-order chi connectivity index (χ0) is 16.3. The molecule has 1 aromatic rings. The number of aromatic nitrogens is 2. The van der Waals surface area contributed by atoms with E-state index < -0.39 is 10.0 Å². The largest absolute Gasteiger partial charge is 0.381 e. The first-order valence-electron chi connectivity index (χ1n) is 8.30. The van der Waals surface area contributed by atoms with E-state index in [1.165, 1.54) is 5.56 Å². The summed E-state index contributed by atoms with van der Waals surface area (Å²) >= 11 is 0. The van der Waals surface area contributed by atoms with E-state index in [0.717, 1.165) is 44.7 Å². The van der Waals surface area contributed by atoms with Gasteiger partial charge < -0.3 is 9.47 Å². The summed E-state index contributed by atoms with van der Waals surface area (Å²) in [5, 5.41) is 4.67. The van der Waals surface area contributed by atoms with Crippen molar-refractivity contribution in [1.29, 1.82) is 0 Å². The Balaban J connectivity index is 1.66. The molecule has 3 rings (SSSR count). The van der Waals surface area contributed by atoms with Crippen LogP contribution in [-0.4, -0.2) is 50.3 Å². The minimum Gasteiger partial charge on any atom is -0.381 e. The van der Waals surface area contributed by atoms with Crippen LogP contribution in [0.4, 0.5) is 0 Å². The van der Waals surface area contributed by atoms with E-state index in [4.69, 9.17) is 9.47 Å². The van der Waals surface area contributed by atoms with Crippen LogP contribution in [0.5, 0.6) is 0 Å². The molecule has 7 nitrogen and oxygen atoms in total. The number of ether oxygens (including phenoxy) is 2. The molecule has 2 aliphatic rings. The molecule has 1 N–H and O–H groups in total. The number of hydrogen-bond donors (Lipinski definition) is 1. The first-order chi connectivity index (χ1) is 11.1. The lowest BCUT2D eigenvalue weighted by Gasteiger charge is -2.22. The molecule has 0 saturated carbocycles. The summed E-state index contributed by atoms with van der Waals surface area (Å²) in [6.45, 7) is 5.03. The summed E-state index contributed by atoms with van der Waals surface area (Å²) in [7, 11) is -3.22. The fourth-order valence-electron chi connectivity index (χ4n) is 3.08. The van der Waals surface area contributed by atoms with Gasteiger partial charge in [0.05, 0.1) is 18.1 Å². The maximum Gasteiger partial charge on any atom is 0.211 e. The van der Waals surface area contributed by atoms with Gasteiger partial charge in [0, 0.05) is 32.5 Å². The summed E-state index contributed by atoms with van der Waals surface area (Å²) < 4.78 is 38.9. The van der Waals surface area contributed by atoms with Crippen LogP contribution < -0.4 is 4.72 Å². The molecule has 130 valence electrons. The standard InChI is InChI=1S/C15H25N3O4S/c1-2-23(19,20)16-9-14-15-13(5-8-22-14)11-18(17-15)10-12-3-6-21-7-4-12/h11-12,14,16H,2-10H2,1H3. The van der Waals surface area contributed by atoms with Crippen LogP contribution in [0.1, 0.15) is 37.1 Å². The summed E-state index contributed by atoms with van der Waals surface area (Å²) in [4.78, 5) is 0. The number of fused-ring (bicyclic) bond motifs is 1. The first-order valence-corrected chi connectivity index (χ1v) is 9.95. The minimum absolute atomic E-state index is 0.0742. The van der Waals surface area contributed by atoms with E-state index in [1.54, 1.807) is 6.92 Å². The number of hydrogen-bond acceptors (Lipinski definition) is 5. The Hall–Kier alpha value is -0.960. The summed E-state index contributed by atoms with van der Waals surface area (Å²) in [5.41, 5.74) is 2.05. The van der Waals surface area contributed by atoms with Crippen molar-refractivity contribution in [1.82, 2.24) is 14.5 Å². The second kappa shape index (κ2) is 7.29. The number of nitrogens with zero attached hydrogens (tertiary/aromatic N) is 2. The molecule has 1 saturated heterocycles. The fourth-order valence-corrected chi connectivity index (χ4v) is 3.69. The Morgan fingerprint density at radius 1 is 1.35 bits per heavy atom. The Morgan fingerprint density at radius 3 is 2.87 bits per heavy atom. The molecular weight excluding hydrogens is 318 g/mol. The molecule has 0 aliphatic carbocycles. The quantitative estimate of drug-likeness (QED) is 0.828. The Bertz CT molecular complexity index is 623. The van der Waals surface area contributed by atoms with E-state index >= 15 is 0 Å². The van der Waals surface area contributed by atoms with Crippen LogP contribution >= 0.6 is 0 Å². The monoisotopic (exact) mass is 343 g/mol. The molecular formula is C15H25N3O4S. The van der Waals surface area contributed by atoms with Gasteiger partial charge in [-0.1, -0.05) is 0 Å². The zero-order valence-electron chi connectivity index (χ0n) is 13.5. The van der Waals surface area contributed by atoms with E-state index in [1.807, 2.05) is 4.68 Å². The van der Waals surface area contributed by atoms with Crippen LogP contribution in [0, 0.1) is 5.92 Å². The summed E-state index contributed by atoms with van der Waals surface area (Å²) in [6.07, 6.45) is 4.77. The predicted molar refractivity (Wildman–Crippen MR) is 85.6 cm³/mol. The van der Waals surface area contributed by atoms with Gasteiger partial charge in [0.1, 0.15) is 6.10 Å². The van der Waals surface area contributed by atoms with Crippen LogP contribution in [0.15, 0.2) is 6.20 Å². The molecule has 23 heavy (non-hydrogen) atoms.